The fourth-order valence-electron chi connectivity index (χ4n) is 1.62. The van der Waals surface area contributed by atoms with Crippen LogP contribution in [0.4, 0.5) is 5.69 Å². The van der Waals surface area contributed by atoms with Gasteiger partial charge < -0.3 is 4.84 Å². The third kappa shape index (κ3) is 3.77. The summed E-state index contributed by atoms with van der Waals surface area (Å²) in [5.41, 5.74) is 2.13. The molecule has 6 nitrogen and oxygen atoms in total. The summed E-state index contributed by atoms with van der Waals surface area (Å²) in [5, 5.41) is 3.91. The second kappa shape index (κ2) is 5.38. The van der Waals surface area contributed by atoms with Crippen LogP contribution in [0.2, 0.25) is 0 Å². The molecule has 7 heteroatoms. The van der Waals surface area contributed by atoms with Gasteiger partial charge in [0.25, 0.3) is 10.1 Å². The highest BCUT2D eigenvalue weighted by molar-refractivity contribution is 7.85. The van der Waals surface area contributed by atoms with Crippen molar-refractivity contribution in [1.82, 2.24) is 0 Å². The van der Waals surface area contributed by atoms with Gasteiger partial charge in [0.1, 0.15) is 6.61 Å². The highest BCUT2D eigenvalue weighted by Crippen LogP contribution is 2.20. The molecule has 1 unspecified atom stereocenters. The van der Waals surface area contributed by atoms with Gasteiger partial charge in [-0.2, -0.15) is 8.42 Å². The molecule has 100 valence electrons. The Morgan fingerprint density at radius 2 is 2.16 bits per heavy atom. The lowest BCUT2D eigenvalue weighted by Gasteiger charge is -2.06. The van der Waals surface area contributed by atoms with Crippen LogP contribution in [0.25, 0.3) is 4.85 Å². The van der Waals surface area contributed by atoms with Crippen molar-refractivity contribution in [1.29, 1.82) is 0 Å². The molecule has 1 aromatic carbocycles. The second-order valence-corrected chi connectivity index (χ2v) is 5.76. The first kappa shape index (κ1) is 13.5. The van der Waals surface area contributed by atoms with E-state index in [0.29, 0.717) is 12.1 Å². The van der Waals surface area contributed by atoms with Crippen LogP contribution in [0, 0.1) is 6.57 Å². The SMILES string of the molecule is [C-]#[N+]c1ccc(C2=NOC(COS(C)(=O)=O)C2)cc1. The Morgan fingerprint density at radius 3 is 2.74 bits per heavy atom. The lowest BCUT2D eigenvalue weighted by Crippen LogP contribution is -2.18. The molecule has 0 N–H and O–H groups in total. The number of benzene rings is 1. The van der Waals surface area contributed by atoms with Crippen LogP contribution in [0.15, 0.2) is 29.4 Å². The molecular weight excluding hydrogens is 268 g/mol. The van der Waals surface area contributed by atoms with Gasteiger partial charge in [-0.15, -0.1) is 0 Å². The maximum atomic E-state index is 10.9. The van der Waals surface area contributed by atoms with Gasteiger partial charge in [-0.25, -0.2) is 4.85 Å². The fraction of sp³-hybridized carbons (Fsp3) is 0.333. The van der Waals surface area contributed by atoms with Crippen molar-refractivity contribution in [3.8, 4) is 0 Å². The lowest BCUT2D eigenvalue weighted by molar-refractivity contribution is 0.0493. The molecule has 0 fully saturated rings. The monoisotopic (exact) mass is 280 g/mol. The van der Waals surface area contributed by atoms with Crippen LogP contribution in [-0.4, -0.2) is 33.1 Å². The summed E-state index contributed by atoms with van der Waals surface area (Å²) < 4.78 is 26.4. The zero-order chi connectivity index (χ0) is 13.9. The molecule has 0 radical (unpaired) electrons. The Labute approximate surface area is 111 Å². The minimum atomic E-state index is -3.47. The minimum Gasteiger partial charge on any atom is -0.389 e. The molecule has 2 rings (SSSR count). The largest absolute Gasteiger partial charge is 0.389 e. The predicted molar refractivity (Wildman–Crippen MR) is 69.5 cm³/mol. The van der Waals surface area contributed by atoms with Crippen molar-refractivity contribution in [3.05, 3.63) is 41.2 Å². The van der Waals surface area contributed by atoms with Crippen LogP contribution in [0.3, 0.4) is 0 Å². The van der Waals surface area contributed by atoms with Gasteiger partial charge in [0.05, 0.1) is 18.5 Å². The average Bonchev–Trinajstić information content (AvgIpc) is 2.84. The third-order valence-corrected chi connectivity index (χ3v) is 3.09. The molecular formula is C12H12N2O4S. The van der Waals surface area contributed by atoms with E-state index in [-0.39, 0.29) is 6.61 Å². The van der Waals surface area contributed by atoms with E-state index in [0.717, 1.165) is 17.5 Å². The normalized spacial score (nSPS) is 18.5. The third-order valence-electron chi connectivity index (χ3n) is 2.53. The van der Waals surface area contributed by atoms with Crippen LogP contribution in [0.5, 0.6) is 0 Å². The van der Waals surface area contributed by atoms with Gasteiger partial charge in [0.15, 0.2) is 11.8 Å². The lowest BCUT2D eigenvalue weighted by atomic mass is 10.1. The second-order valence-electron chi connectivity index (χ2n) is 4.12. The van der Waals surface area contributed by atoms with Gasteiger partial charge in [-0.1, -0.05) is 29.4 Å². The predicted octanol–water partition coefficient (Wildman–Crippen LogP) is 1.71. The van der Waals surface area contributed by atoms with Crippen LogP contribution < -0.4 is 0 Å². The van der Waals surface area contributed by atoms with Gasteiger partial charge in [-0.05, 0) is 5.56 Å². The number of hydrogen-bond donors (Lipinski definition) is 0. The highest BCUT2D eigenvalue weighted by atomic mass is 32.2. The molecule has 0 saturated heterocycles. The summed E-state index contributed by atoms with van der Waals surface area (Å²) in [6.45, 7) is 6.82. The first-order chi connectivity index (χ1) is 8.98. The molecule has 0 bridgehead atoms. The maximum absolute atomic E-state index is 10.9. The van der Waals surface area contributed by atoms with Crippen LogP contribution >= 0.6 is 0 Å². The van der Waals surface area contributed by atoms with Gasteiger partial charge >= 0.3 is 0 Å². The molecule has 1 aliphatic heterocycles. The smallest absolute Gasteiger partial charge is 0.264 e. The summed E-state index contributed by atoms with van der Waals surface area (Å²) in [5.74, 6) is 0. The molecule has 0 saturated carbocycles. The van der Waals surface area contributed by atoms with E-state index < -0.39 is 16.2 Å². The highest BCUT2D eigenvalue weighted by Gasteiger charge is 2.23. The molecule has 0 spiro atoms. The minimum absolute atomic E-state index is 0.0496. The number of nitrogens with zero attached hydrogens (tertiary/aromatic N) is 2. The summed E-state index contributed by atoms with van der Waals surface area (Å²) >= 11 is 0. The Balaban J connectivity index is 1.96. The van der Waals surface area contributed by atoms with Gasteiger partial charge in [0, 0.05) is 6.42 Å². The molecule has 1 atom stereocenters. The van der Waals surface area contributed by atoms with E-state index in [1.807, 2.05) is 0 Å². The molecule has 1 heterocycles. The summed E-state index contributed by atoms with van der Waals surface area (Å²) in [4.78, 5) is 8.41. The van der Waals surface area contributed by atoms with Crippen molar-refractivity contribution < 1.29 is 17.4 Å². The van der Waals surface area contributed by atoms with Crippen molar-refractivity contribution in [2.24, 2.45) is 5.16 Å². The zero-order valence-electron chi connectivity index (χ0n) is 10.2. The summed E-state index contributed by atoms with van der Waals surface area (Å²) in [6.07, 6.45) is 1.07. The van der Waals surface area contributed by atoms with E-state index >= 15 is 0 Å². The van der Waals surface area contributed by atoms with E-state index in [1.54, 1.807) is 24.3 Å². The van der Waals surface area contributed by atoms with Crippen molar-refractivity contribution in [2.75, 3.05) is 12.9 Å². The van der Waals surface area contributed by atoms with Crippen molar-refractivity contribution >= 4 is 21.5 Å². The molecule has 0 aromatic heterocycles. The first-order valence-electron chi connectivity index (χ1n) is 5.53. The Bertz CT molecular complexity index is 629. The number of hydrogen-bond acceptors (Lipinski definition) is 5. The van der Waals surface area contributed by atoms with Crippen molar-refractivity contribution in [2.45, 2.75) is 12.5 Å². The van der Waals surface area contributed by atoms with Gasteiger partial charge in [0.2, 0.25) is 0 Å². The van der Waals surface area contributed by atoms with E-state index in [9.17, 15) is 8.42 Å². The Hall–Kier alpha value is -1.91. The van der Waals surface area contributed by atoms with Crippen LogP contribution in [0.1, 0.15) is 12.0 Å². The van der Waals surface area contributed by atoms with Gasteiger partial charge in [-0.3, -0.25) is 4.18 Å². The Morgan fingerprint density at radius 1 is 1.47 bits per heavy atom. The average molecular weight is 280 g/mol. The van der Waals surface area contributed by atoms with E-state index in [1.165, 1.54) is 0 Å². The molecule has 0 amide bonds. The zero-order valence-corrected chi connectivity index (χ0v) is 11.1. The maximum Gasteiger partial charge on any atom is 0.264 e. The quantitative estimate of drug-likeness (QED) is 0.622. The Kier molecular flexibility index (Phi) is 3.83. The first-order valence-corrected chi connectivity index (χ1v) is 7.34. The molecule has 1 aliphatic rings. The molecule has 1 aromatic rings. The van der Waals surface area contributed by atoms with Crippen molar-refractivity contribution in [3.63, 3.8) is 0 Å². The molecule has 0 aliphatic carbocycles. The molecule has 19 heavy (non-hydrogen) atoms. The summed E-state index contributed by atoms with van der Waals surface area (Å²) in [6, 6.07) is 6.97. The number of rotatable bonds is 4. The summed E-state index contributed by atoms with van der Waals surface area (Å²) in [7, 11) is -3.47. The number of oxime groups is 1. The fourth-order valence-corrected chi connectivity index (χ4v) is 2.02. The topological polar surface area (TPSA) is 69.3 Å². The van der Waals surface area contributed by atoms with E-state index in [4.69, 9.17) is 11.4 Å². The van der Waals surface area contributed by atoms with Crippen LogP contribution in [-0.2, 0) is 19.1 Å². The standard InChI is InChI=1S/C12H12N2O4S/c1-13-10-5-3-9(4-6-10)12-7-11(18-14-12)8-17-19(2,15)16/h3-6,11H,7-8H2,2H3. The van der Waals surface area contributed by atoms with E-state index in [2.05, 4.69) is 14.2 Å².